The second-order valence-corrected chi connectivity index (χ2v) is 10.1. The molecule has 0 saturated carbocycles. The van der Waals surface area contributed by atoms with Gasteiger partial charge in [0.05, 0.1) is 7.11 Å². The third kappa shape index (κ3) is 9.25. The van der Waals surface area contributed by atoms with Crippen molar-refractivity contribution >= 4 is 57.8 Å². The molecule has 3 heterocycles. The molecule has 6 nitrogen and oxygen atoms in total. The van der Waals surface area contributed by atoms with E-state index in [9.17, 15) is 9.59 Å². The van der Waals surface area contributed by atoms with Gasteiger partial charge >= 0.3 is 5.97 Å². The Kier molecular flexibility index (Phi) is 11.8. The second kappa shape index (κ2) is 14.3. The summed E-state index contributed by atoms with van der Waals surface area (Å²) in [5.74, 6) is 1.74. The van der Waals surface area contributed by atoms with E-state index in [4.69, 9.17) is 27.9 Å². The molecule has 3 aromatic heterocycles. The molecule has 0 atom stereocenters. The molecular formula is C24H25Cl2N3O3S2. The number of aromatic nitrogens is 3. The number of hydrogen-bond donors (Lipinski definition) is 0. The van der Waals surface area contributed by atoms with Gasteiger partial charge in [-0.3, -0.25) is 4.79 Å². The SMILES string of the molecule is CC(=O)SCc1cnc(Cl)cc1C.COC(=O)c1ncccc1CSCc1cnc(Cl)cc1C. The predicted molar refractivity (Wildman–Crippen MR) is 141 cm³/mol. The summed E-state index contributed by atoms with van der Waals surface area (Å²) in [5.41, 5.74) is 5.63. The van der Waals surface area contributed by atoms with Crippen LogP contribution in [0, 0.1) is 13.8 Å². The predicted octanol–water partition coefficient (Wildman–Crippen LogP) is 6.48. The van der Waals surface area contributed by atoms with E-state index in [1.807, 2.05) is 32.0 Å². The molecule has 0 unspecified atom stereocenters. The van der Waals surface area contributed by atoms with Crippen LogP contribution in [-0.4, -0.2) is 33.1 Å². The number of carbonyl (C=O) groups excluding carboxylic acids is 2. The molecule has 0 aliphatic heterocycles. The maximum absolute atomic E-state index is 11.6. The van der Waals surface area contributed by atoms with Gasteiger partial charge in [-0.2, -0.15) is 11.8 Å². The highest BCUT2D eigenvalue weighted by Crippen LogP contribution is 2.22. The standard InChI is InChI=1S/C15H15ClN2O2S.C9H10ClNOS/c1-10-6-13(16)18-7-12(10)9-21-8-11-4-3-5-17-14(11)15(19)20-2;1-6-3-9(10)11-4-8(6)5-13-7(2)12/h3-7H,8-9H2,1-2H3;3-4H,5H2,1-2H3. The van der Waals surface area contributed by atoms with E-state index in [1.165, 1.54) is 18.9 Å². The van der Waals surface area contributed by atoms with Gasteiger partial charge in [0, 0.05) is 42.8 Å². The number of rotatable bonds is 7. The molecule has 0 aliphatic carbocycles. The third-order valence-corrected chi connectivity index (χ3v) is 6.89. The number of ether oxygens (including phenoxy) is 1. The Morgan fingerprint density at radius 1 is 0.912 bits per heavy atom. The molecule has 0 N–H and O–H groups in total. The lowest BCUT2D eigenvalue weighted by Crippen LogP contribution is -2.07. The topological polar surface area (TPSA) is 82.0 Å². The molecule has 180 valence electrons. The van der Waals surface area contributed by atoms with Crippen molar-refractivity contribution < 1.29 is 14.3 Å². The van der Waals surface area contributed by atoms with Crippen LogP contribution in [0.5, 0.6) is 0 Å². The fourth-order valence-electron chi connectivity index (χ4n) is 2.69. The molecule has 0 radical (unpaired) electrons. The average molecular weight is 539 g/mol. The summed E-state index contributed by atoms with van der Waals surface area (Å²) >= 11 is 14.5. The minimum absolute atomic E-state index is 0.120. The highest BCUT2D eigenvalue weighted by atomic mass is 35.5. The zero-order valence-electron chi connectivity index (χ0n) is 19.3. The van der Waals surface area contributed by atoms with Crippen LogP contribution in [0.2, 0.25) is 10.3 Å². The number of halogens is 2. The molecule has 3 aromatic rings. The van der Waals surface area contributed by atoms with Crippen LogP contribution in [0.1, 0.15) is 45.2 Å². The molecule has 0 fully saturated rings. The lowest BCUT2D eigenvalue weighted by atomic mass is 10.2. The number of aryl methyl sites for hydroxylation is 2. The summed E-state index contributed by atoms with van der Waals surface area (Å²) < 4.78 is 4.74. The molecular weight excluding hydrogens is 513 g/mol. The van der Waals surface area contributed by atoms with Crippen molar-refractivity contribution in [1.29, 1.82) is 0 Å². The van der Waals surface area contributed by atoms with Crippen LogP contribution in [0.25, 0.3) is 0 Å². The van der Waals surface area contributed by atoms with Gasteiger partial charge in [0.25, 0.3) is 0 Å². The number of esters is 1. The van der Waals surface area contributed by atoms with Gasteiger partial charge in [-0.1, -0.05) is 41.0 Å². The third-order valence-electron chi connectivity index (χ3n) is 4.59. The number of methoxy groups -OCH3 is 1. The summed E-state index contributed by atoms with van der Waals surface area (Å²) in [5, 5.41) is 1.12. The van der Waals surface area contributed by atoms with Crippen molar-refractivity contribution in [2.24, 2.45) is 0 Å². The number of thioether (sulfide) groups is 2. The first-order valence-corrected chi connectivity index (χ1v) is 13.1. The van der Waals surface area contributed by atoms with Crippen LogP contribution in [0.15, 0.2) is 42.9 Å². The summed E-state index contributed by atoms with van der Waals surface area (Å²) in [6.07, 6.45) is 5.09. The van der Waals surface area contributed by atoms with E-state index in [1.54, 1.807) is 43.3 Å². The smallest absolute Gasteiger partial charge is 0.356 e. The molecule has 0 spiro atoms. The summed E-state index contributed by atoms with van der Waals surface area (Å²) in [7, 11) is 1.36. The van der Waals surface area contributed by atoms with Crippen molar-refractivity contribution in [3.8, 4) is 0 Å². The molecule has 34 heavy (non-hydrogen) atoms. The van der Waals surface area contributed by atoms with Gasteiger partial charge < -0.3 is 4.74 Å². The Morgan fingerprint density at radius 2 is 1.47 bits per heavy atom. The molecule has 0 bridgehead atoms. The summed E-state index contributed by atoms with van der Waals surface area (Å²) in [6.45, 7) is 5.53. The Bertz CT molecular complexity index is 1150. The molecule has 0 aromatic carbocycles. The first-order chi connectivity index (χ1) is 16.2. The maximum Gasteiger partial charge on any atom is 0.356 e. The lowest BCUT2D eigenvalue weighted by molar-refractivity contribution is -0.109. The summed E-state index contributed by atoms with van der Waals surface area (Å²) in [6, 6.07) is 7.36. The van der Waals surface area contributed by atoms with E-state index < -0.39 is 5.97 Å². The first-order valence-electron chi connectivity index (χ1n) is 10.2. The maximum atomic E-state index is 11.6. The highest BCUT2D eigenvalue weighted by Gasteiger charge is 2.13. The molecule has 0 saturated heterocycles. The Balaban J connectivity index is 0.000000270. The van der Waals surface area contributed by atoms with E-state index >= 15 is 0 Å². The van der Waals surface area contributed by atoms with Gasteiger partial charge in [0.1, 0.15) is 10.3 Å². The number of carbonyl (C=O) groups is 2. The van der Waals surface area contributed by atoms with Crippen LogP contribution < -0.4 is 0 Å². The number of nitrogens with zero attached hydrogens (tertiary/aromatic N) is 3. The average Bonchev–Trinajstić information content (AvgIpc) is 2.80. The quantitative estimate of drug-likeness (QED) is 0.250. The van der Waals surface area contributed by atoms with Crippen molar-refractivity contribution in [2.45, 2.75) is 38.0 Å². The van der Waals surface area contributed by atoms with Crippen molar-refractivity contribution in [3.05, 3.63) is 86.7 Å². The molecule has 0 amide bonds. The zero-order chi connectivity index (χ0) is 25.1. The lowest BCUT2D eigenvalue weighted by Gasteiger charge is -2.08. The number of hydrogen-bond acceptors (Lipinski definition) is 8. The monoisotopic (exact) mass is 537 g/mol. The van der Waals surface area contributed by atoms with Crippen LogP contribution in [-0.2, 0) is 26.8 Å². The first kappa shape index (κ1) is 28.1. The van der Waals surface area contributed by atoms with Crippen LogP contribution in [0.4, 0.5) is 0 Å². The summed E-state index contributed by atoms with van der Waals surface area (Å²) in [4.78, 5) is 34.5. The fourth-order valence-corrected chi connectivity index (χ4v) is 4.85. The van der Waals surface area contributed by atoms with Gasteiger partial charge in [-0.15, -0.1) is 0 Å². The molecule has 0 aliphatic rings. The van der Waals surface area contributed by atoms with Crippen LogP contribution in [0.3, 0.4) is 0 Å². The van der Waals surface area contributed by atoms with Crippen LogP contribution >= 0.6 is 46.7 Å². The Morgan fingerprint density at radius 3 is 2.00 bits per heavy atom. The molecule has 3 rings (SSSR count). The highest BCUT2D eigenvalue weighted by molar-refractivity contribution is 8.12. The fraction of sp³-hybridized carbons (Fsp3) is 0.292. The van der Waals surface area contributed by atoms with E-state index in [0.29, 0.717) is 27.5 Å². The van der Waals surface area contributed by atoms with Crippen molar-refractivity contribution in [2.75, 3.05) is 7.11 Å². The normalized spacial score (nSPS) is 10.3. The van der Waals surface area contributed by atoms with E-state index in [0.717, 1.165) is 33.6 Å². The zero-order valence-corrected chi connectivity index (χ0v) is 22.4. The van der Waals surface area contributed by atoms with E-state index in [-0.39, 0.29) is 5.12 Å². The van der Waals surface area contributed by atoms with Gasteiger partial charge in [-0.05, 0) is 59.9 Å². The minimum atomic E-state index is -0.407. The largest absolute Gasteiger partial charge is 0.464 e. The molecule has 10 heteroatoms. The van der Waals surface area contributed by atoms with Gasteiger partial charge in [0.2, 0.25) is 0 Å². The van der Waals surface area contributed by atoms with Gasteiger partial charge in [0.15, 0.2) is 10.8 Å². The van der Waals surface area contributed by atoms with E-state index in [2.05, 4.69) is 15.0 Å². The van der Waals surface area contributed by atoms with Crippen molar-refractivity contribution in [3.63, 3.8) is 0 Å². The second-order valence-electron chi connectivity index (χ2n) is 7.14. The van der Waals surface area contributed by atoms with Gasteiger partial charge in [-0.25, -0.2) is 19.7 Å². The minimum Gasteiger partial charge on any atom is -0.464 e. The number of pyridine rings is 3. The Hall–Kier alpha value is -2.13. The van der Waals surface area contributed by atoms with Crippen molar-refractivity contribution in [1.82, 2.24) is 15.0 Å². The Labute approximate surface area is 218 Å².